The smallest absolute Gasteiger partial charge is 0.121 e. The lowest BCUT2D eigenvalue weighted by Crippen LogP contribution is -2.51. The van der Waals surface area contributed by atoms with Gasteiger partial charge in [0.2, 0.25) is 0 Å². The first kappa shape index (κ1) is 19.5. The Labute approximate surface area is 186 Å². The minimum absolute atomic E-state index is 1.01. The second-order valence-electron chi connectivity index (χ2n) is 6.74. The van der Waals surface area contributed by atoms with Crippen LogP contribution in [0.2, 0.25) is 0 Å². The van der Waals surface area contributed by atoms with Gasteiger partial charge in [0.25, 0.3) is 0 Å². The maximum Gasteiger partial charge on any atom is 0.132 e. The molecule has 4 rings (SSSR count). The molecule has 0 aliphatic rings. The number of hydrogen-bond acceptors (Lipinski definition) is 1. The molecule has 0 aromatic heterocycles. The van der Waals surface area contributed by atoms with Crippen LogP contribution in [0.5, 0.6) is 0 Å². The molecular formula is C25H21ISSi. The normalized spacial score (nSPS) is 10.9. The Morgan fingerprint density at radius 3 is 1.61 bits per heavy atom. The fourth-order valence-corrected chi connectivity index (χ4v) is 7.53. The molecule has 0 fully saturated rings. The summed E-state index contributed by atoms with van der Waals surface area (Å²) in [6.45, 7) is 0. The van der Waals surface area contributed by atoms with Crippen molar-refractivity contribution < 1.29 is 0 Å². The Kier molecular flexibility index (Phi) is 6.67. The van der Waals surface area contributed by atoms with Crippen molar-refractivity contribution in [2.24, 2.45) is 0 Å². The van der Waals surface area contributed by atoms with Gasteiger partial charge in [0.05, 0.1) is 0 Å². The molecule has 0 radical (unpaired) electrons. The highest BCUT2D eigenvalue weighted by Crippen LogP contribution is 2.22. The van der Waals surface area contributed by atoms with Crippen molar-refractivity contribution in [1.29, 1.82) is 0 Å². The van der Waals surface area contributed by atoms with Crippen LogP contribution in [0.4, 0.5) is 0 Å². The van der Waals surface area contributed by atoms with Gasteiger partial charge in [-0.15, -0.1) is 11.8 Å². The second-order valence-corrected chi connectivity index (χ2v) is 11.9. The zero-order valence-corrected chi connectivity index (χ0v) is 19.6. The molecule has 138 valence electrons. The van der Waals surface area contributed by atoms with Crippen LogP contribution in [0.25, 0.3) is 0 Å². The van der Waals surface area contributed by atoms with Gasteiger partial charge in [0.1, 0.15) is 8.80 Å². The van der Waals surface area contributed by atoms with Crippen molar-refractivity contribution in [3.63, 3.8) is 0 Å². The standard InChI is InChI=1S/C25H21ISSi/c26-21-13-11-20(12-14-21)19-27-22-15-17-25(18-16-22)28(23-7-3-1-4-8-23)24-9-5-2-6-10-24/h1-18,28H,19H2. The lowest BCUT2D eigenvalue weighted by Gasteiger charge is -2.17. The number of hydrogen-bond donors (Lipinski definition) is 0. The predicted octanol–water partition coefficient (Wildman–Crippen LogP) is 4.83. The fraction of sp³-hybridized carbons (Fsp3) is 0.0400. The molecule has 0 saturated carbocycles. The highest BCUT2D eigenvalue weighted by atomic mass is 127. The number of benzene rings is 4. The summed E-state index contributed by atoms with van der Waals surface area (Å²) in [6, 6.07) is 40.0. The minimum Gasteiger partial charge on any atom is -0.121 e. The first-order chi connectivity index (χ1) is 13.8. The van der Waals surface area contributed by atoms with Crippen molar-refractivity contribution in [2.45, 2.75) is 10.6 Å². The van der Waals surface area contributed by atoms with Crippen molar-refractivity contribution in [1.82, 2.24) is 0 Å². The molecule has 0 N–H and O–H groups in total. The second kappa shape index (κ2) is 9.59. The van der Waals surface area contributed by atoms with Gasteiger partial charge in [-0.3, -0.25) is 0 Å². The predicted molar refractivity (Wildman–Crippen MR) is 134 cm³/mol. The fourth-order valence-electron chi connectivity index (χ4n) is 3.37. The number of rotatable bonds is 6. The first-order valence-corrected chi connectivity index (χ1v) is 13.2. The molecule has 0 aliphatic carbocycles. The Balaban J connectivity index is 1.55. The zero-order chi connectivity index (χ0) is 19.2. The van der Waals surface area contributed by atoms with Gasteiger partial charge in [0.15, 0.2) is 0 Å². The van der Waals surface area contributed by atoms with Crippen LogP contribution < -0.4 is 15.6 Å². The van der Waals surface area contributed by atoms with Gasteiger partial charge in [-0.2, -0.15) is 0 Å². The van der Waals surface area contributed by atoms with Crippen molar-refractivity contribution in [3.05, 3.63) is 118 Å². The molecule has 0 aliphatic heterocycles. The third-order valence-corrected chi connectivity index (χ3v) is 9.76. The summed E-state index contributed by atoms with van der Waals surface area (Å²) in [5.41, 5.74) is 1.37. The molecule has 0 amide bonds. The molecule has 0 atom stereocenters. The van der Waals surface area contributed by atoms with E-state index in [1.807, 2.05) is 11.8 Å². The van der Waals surface area contributed by atoms with Crippen molar-refractivity contribution in [2.75, 3.05) is 0 Å². The quantitative estimate of drug-likeness (QED) is 0.156. The maximum absolute atomic E-state index is 2.35. The molecule has 0 bridgehead atoms. The van der Waals surface area contributed by atoms with E-state index < -0.39 is 8.80 Å². The van der Waals surface area contributed by atoms with Crippen LogP contribution >= 0.6 is 34.4 Å². The van der Waals surface area contributed by atoms with E-state index in [1.165, 1.54) is 29.6 Å². The minimum atomic E-state index is -1.42. The Hall–Kier alpha value is -1.82. The average molecular weight is 509 g/mol. The summed E-state index contributed by atoms with van der Waals surface area (Å²) in [5.74, 6) is 1.01. The Morgan fingerprint density at radius 2 is 1.07 bits per heavy atom. The maximum atomic E-state index is 2.35. The zero-order valence-electron chi connectivity index (χ0n) is 15.5. The molecule has 0 unspecified atom stereocenters. The Bertz CT molecular complexity index is 960. The van der Waals surface area contributed by atoms with Gasteiger partial charge in [0, 0.05) is 14.2 Å². The molecule has 0 spiro atoms. The molecule has 3 heteroatoms. The molecular weight excluding hydrogens is 487 g/mol. The van der Waals surface area contributed by atoms with E-state index in [4.69, 9.17) is 0 Å². The van der Waals surface area contributed by atoms with Crippen LogP contribution in [-0.4, -0.2) is 8.80 Å². The van der Waals surface area contributed by atoms with Gasteiger partial charge in [-0.1, -0.05) is 100 Å². The van der Waals surface area contributed by atoms with E-state index in [0.29, 0.717) is 0 Å². The van der Waals surface area contributed by atoms with Crippen LogP contribution in [0.3, 0.4) is 0 Å². The summed E-state index contributed by atoms with van der Waals surface area (Å²) in [4.78, 5) is 1.33. The molecule has 0 heterocycles. The third kappa shape index (κ3) is 4.96. The highest BCUT2D eigenvalue weighted by molar-refractivity contribution is 14.1. The lowest BCUT2D eigenvalue weighted by molar-refractivity contribution is 1.38. The molecule has 0 nitrogen and oxygen atoms in total. The van der Waals surface area contributed by atoms with Crippen LogP contribution in [0.1, 0.15) is 5.56 Å². The lowest BCUT2D eigenvalue weighted by atomic mass is 10.2. The van der Waals surface area contributed by atoms with Crippen LogP contribution in [0.15, 0.2) is 114 Å². The van der Waals surface area contributed by atoms with Gasteiger partial charge in [-0.25, -0.2) is 0 Å². The van der Waals surface area contributed by atoms with Crippen LogP contribution in [-0.2, 0) is 5.75 Å². The molecule has 4 aromatic rings. The average Bonchev–Trinajstić information content (AvgIpc) is 2.76. The van der Waals surface area contributed by atoms with E-state index in [-0.39, 0.29) is 0 Å². The van der Waals surface area contributed by atoms with E-state index >= 15 is 0 Å². The summed E-state index contributed by atoms with van der Waals surface area (Å²) in [5, 5.41) is 4.40. The monoisotopic (exact) mass is 508 g/mol. The van der Waals surface area contributed by atoms with Gasteiger partial charge < -0.3 is 0 Å². The van der Waals surface area contributed by atoms with E-state index in [0.717, 1.165) is 5.75 Å². The third-order valence-electron chi connectivity index (χ3n) is 4.80. The number of thioether (sulfide) groups is 1. The number of halogens is 1. The SMILES string of the molecule is Ic1ccc(CSc2ccc([SiH](c3ccccc3)c3ccccc3)cc2)cc1. The van der Waals surface area contributed by atoms with E-state index in [9.17, 15) is 0 Å². The Morgan fingerprint density at radius 1 is 0.571 bits per heavy atom. The summed E-state index contributed by atoms with van der Waals surface area (Å²) in [7, 11) is -1.42. The molecule has 28 heavy (non-hydrogen) atoms. The highest BCUT2D eigenvalue weighted by Gasteiger charge is 2.18. The van der Waals surface area contributed by atoms with Crippen molar-refractivity contribution in [3.8, 4) is 0 Å². The van der Waals surface area contributed by atoms with Gasteiger partial charge in [-0.05, 0) is 52.4 Å². The topological polar surface area (TPSA) is 0 Å². The van der Waals surface area contributed by atoms with Crippen LogP contribution in [0, 0.1) is 3.57 Å². The first-order valence-electron chi connectivity index (χ1n) is 9.37. The van der Waals surface area contributed by atoms with Crippen molar-refractivity contribution >= 4 is 58.7 Å². The summed E-state index contributed by atoms with van der Waals surface area (Å²) in [6.07, 6.45) is 0. The van der Waals surface area contributed by atoms with E-state index in [1.54, 1.807) is 0 Å². The molecule has 0 saturated heterocycles. The van der Waals surface area contributed by atoms with E-state index in [2.05, 4.69) is 132 Å². The largest absolute Gasteiger partial charge is 0.132 e. The summed E-state index contributed by atoms with van der Waals surface area (Å²) < 4.78 is 1.29. The molecule has 4 aromatic carbocycles. The summed E-state index contributed by atoms with van der Waals surface area (Å²) >= 11 is 4.26. The van der Waals surface area contributed by atoms with Gasteiger partial charge >= 0.3 is 0 Å².